The molecule has 2 heterocycles. The van der Waals surface area contributed by atoms with E-state index in [1.807, 2.05) is 21.7 Å². The van der Waals surface area contributed by atoms with Crippen molar-refractivity contribution >= 4 is 11.6 Å². The van der Waals surface area contributed by atoms with E-state index in [9.17, 15) is 9.18 Å². The van der Waals surface area contributed by atoms with Crippen molar-refractivity contribution in [1.82, 2.24) is 14.7 Å². The molecule has 3 aromatic rings. The van der Waals surface area contributed by atoms with E-state index in [-0.39, 0.29) is 11.7 Å². The number of halogens is 1. The molecule has 1 fully saturated rings. The molecule has 5 rings (SSSR count). The van der Waals surface area contributed by atoms with Gasteiger partial charge in [-0.05, 0) is 80.6 Å². The Balaban J connectivity index is 1.37. The lowest BCUT2D eigenvalue weighted by Gasteiger charge is -2.24. The summed E-state index contributed by atoms with van der Waals surface area (Å²) in [5.74, 6) is 0.569. The number of rotatable bonds is 4. The summed E-state index contributed by atoms with van der Waals surface area (Å²) in [6, 6.07) is 14.4. The summed E-state index contributed by atoms with van der Waals surface area (Å²) in [5, 5.41) is 4.77. The van der Waals surface area contributed by atoms with Crippen molar-refractivity contribution in [3.63, 3.8) is 0 Å². The molecule has 0 bridgehead atoms. The number of ether oxygens (including phenoxy) is 1. The lowest BCUT2D eigenvalue weighted by atomic mass is 9.95. The molecule has 1 saturated heterocycles. The summed E-state index contributed by atoms with van der Waals surface area (Å²) in [6.45, 7) is 3.05. The maximum absolute atomic E-state index is 13.6. The highest BCUT2D eigenvalue weighted by Gasteiger charge is 2.29. The van der Waals surface area contributed by atoms with Crippen molar-refractivity contribution in [2.45, 2.75) is 32.1 Å². The first-order valence-corrected chi connectivity index (χ1v) is 11.7. The van der Waals surface area contributed by atoms with Gasteiger partial charge >= 0.3 is 0 Å². The minimum absolute atomic E-state index is 0.00518. The molecule has 0 radical (unpaired) electrons. The quantitative estimate of drug-likeness (QED) is 0.599. The Morgan fingerprint density at radius 3 is 2.36 bits per heavy atom. The topological polar surface area (TPSA) is 50.6 Å². The summed E-state index contributed by atoms with van der Waals surface area (Å²) in [5.41, 5.74) is 4.66. The Hall–Kier alpha value is -3.35. The van der Waals surface area contributed by atoms with E-state index < -0.39 is 0 Å². The number of hydrogen-bond donors (Lipinski definition) is 0. The lowest BCUT2D eigenvalue weighted by molar-refractivity contribution is 0.0759. The van der Waals surface area contributed by atoms with Gasteiger partial charge in [-0.15, -0.1) is 0 Å². The molecule has 1 aliphatic heterocycles. The van der Waals surface area contributed by atoms with Crippen molar-refractivity contribution < 1.29 is 13.9 Å². The maximum Gasteiger partial charge on any atom is 0.274 e. The second kappa shape index (κ2) is 9.25. The summed E-state index contributed by atoms with van der Waals surface area (Å²) < 4.78 is 20.6. The molecule has 1 amide bonds. The molecular weight excluding hydrogens is 419 g/mol. The highest BCUT2D eigenvalue weighted by Crippen LogP contribution is 2.28. The Labute approximate surface area is 193 Å². The van der Waals surface area contributed by atoms with Gasteiger partial charge in [0.1, 0.15) is 11.6 Å². The van der Waals surface area contributed by atoms with Crippen molar-refractivity contribution in [1.29, 1.82) is 0 Å². The average molecular weight is 449 g/mol. The Morgan fingerprint density at radius 1 is 0.879 bits per heavy atom. The van der Waals surface area contributed by atoms with Crippen LogP contribution in [0, 0.1) is 5.82 Å². The van der Waals surface area contributed by atoms with E-state index in [1.54, 1.807) is 19.2 Å². The number of aromatic nitrogens is 2. The number of nitrogens with zero attached hydrogens (tertiary/aromatic N) is 4. The maximum atomic E-state index is 13.6. The van der Waals surface area contributed by atoms with E-state index >= 15 is 0 Å². The first-order chi connectivity index (χ1) is 16.1. The predicted octanol–water partition coefficient (Wildman–Crippen LogP) is 4.25. The van der Waals surface area contributed by atoms with Crippen molar-refractivity contribution in [2.24, 2.45) is 0 Å². The van der Waals surface area contributed by atoms with Crippen LogP contribution < -0.4 is 9.64 Å². The SMILES string of the molecule is COc1ccc(N2CCCN(C(=O)c3nn(-c4ccc(F)cc4)c4c3CCCC4)CC2)cc1. The predicted molar refractivity (Wildman–Crippen MR) is 126 cm³/mol. The fourth-order valence-corrected chi connectivity index (χ4v) is 4.89. The monoisotopic (exact) mass is 448 g/mol. The molecule has 2 aromatic carbocycles. The number of methoxy groups -OCH3 is 1. The second-order valence-electron chi connectivity index (χ2n) is 8.70. The number of benzene rings is 2. The number of carbonyl (C=O) groups excluding carboxylic acids is 1. The Kier molecular flexibility index (Phi) is 6.03. The molecule has 1 aromatic heterocycles. The number of amides is 1. The third-order valence-corrected chi connectivity index (χ3v) is 6.67. The Bertz CT molecular complexity index is 1120. The molecule has 0 spiro atoms. The van der Waals surface area contributed by atoms with E-state index in [4.69, 9.17) is 9.84 Å². The van der Waals surface area contributed by atoms with Crippen LogP contribution in [0.1, 0.15) is 41.0 Å². The van der Waals surface area contributed by atoms with Gasteiger partial charge in [-0.1, -0.05) is 0 Å². The van der Waals surface area contributed by atoms with Crippen LogP contribution in [-0.4, -0.2) is 53.9 Å². The van der Waals surface area contributed by atoms with Gasteiger partial charge in [0, 0.05) is 43.1 Å². The number of hydrogen-bond acceptors (Lipinski definition) is 4. The summed E-state index contributed by atoms with van der Waals surface area (Å²) in [6.07, 6.45) is 4.79. The smallest absolute Gasteiger partial charge is 0.274 e. The van der Waals surface area contributed by atoms with Crippen LogP contribution in [0.5, 0.6) is 5.75 Å². The van der Waals surface area contributed by atoms with E-state index in [0.29, 0.717) is 18.8 Å². The van der Waals surface area contributed by atoms with Crippen molar-refractivity contribution in [3.05, 3.63) is 71.3 Å². The third kappa shape index (κ3) is 4.32. The van der Waals surface area contributed by atoms with Crippen LogP contribution in [0.2, 0.25) is 0 Å². The van der Waals surface area contributed by atoms with Crippen LogP contribution >= 0.6 is 0 Å². The third-order valence-electron chi connectivity index (χ3n) is 6.67. The van der Waals surface area contributed by atoms with E-state index in [0.717, 1.165) is 73.6 Å². The summed E-state index contributed by atoms with van der Waals surface area (Å²) in [4.78, 5) is 17.9. The first-order valence-electron chi connectivity index (χ1n) is 11.7. The zero-order valence-electron chi connectivity index (χ0n) is 19.0. The molecule has 0 unspecified atom stereocenters. The summed E-state index contributed by atoms with van der Waals surface area (Å²) >= 11 is 0. The fraction of sp³-hybridized carbons (Fsp3) is 0.385. The molecule has 0 atom stereocenters. The number of carbonyl (C=O) groups is 1. The van der Waals surface area contributed by atoms with Crippen LogP contribution in [0.4, 0.5) is 10.1 Å². The van der Waals surface area contributed by atoms with E-state index in [2.05, 4.69) is 17.0 Å². The van der Waals surface area contributed by atoms with Gasteiger partial charge in [-0.25, -0.2) is 9.07 Å². The number of fused-ring (bicyclic) bond motifs is 1. The van der Waals surface area contributed by atoms with Crippen LogP contribution in [0.25, 0.3) is 5.69 Å². The molecular formula is C26H29FN4O2. The van der Waals surface area contributed by atoms with E-state index in [1.165, 1.54) is 12.1 Å². The van der Waals surface area contributed by atoms with Crippen LogP contribution in [0.15, 0.2) is 48.5 Å². The first kappa shape index (κ1) is 21.5. The normalized spacial score (nSPS) is 16.3. The molecule has 6 nitrogen and oxygen atoms in total. The highest BCUT2D eigenvalue weighted by molar-refractivity contribution is 5.94. The minimum atomic E-state index is -0.276. The molecule has 33 heavy (non-hydrogen) atoms. The molecule has 172 valence electrons. The number of anilines is 1. The van der Waals surface area contributed by atoms with Gasteiger partial charge in [-0.3, -0.25) is 4.79 Å². The zero-order valence-corrected chi connectivity index (χ0v) is 19.0. The van der Waals surface area contributed by atoms with Gasteiger partial charge in [0.25, 0.3) is 5.91 Å². The van der Waals surface area contributed by atoms with Crippen molar-refractivity contribution in [3.8, 4) is 11.4 Å². The van der Waals surface area contributed by atoms with Gasteiger partial charge in [0.2, 0.25) is 0 Å². The van der Waals surface area contributed by atoms with Crippen molar-refractivity contribution in [2.75, 3.05) is 38.2 Å². The van der Waals surface area contributed by atoms with Gasteiger partial charge in [0.05, 0.1) is 12.8 Å². The molecule has 1 aliphatic carbocycles. The van der Waals surface area contributed by atoms with Crippen LogP contribution in [0.3, 0.4) is 0 Å². The van der Waals surface area contributed by atoms with Gasteiger partial charge in [-0.2, -0.15) is 5.10 Å². The molecule has 7 heteroatoms. The average Bonchev–Trinajstić information content (AvgIpc) is 3.06. The zero-order chi connectivity index (χ0) is 22.8. The Morgan fingerprint density at radius 2 is 1.61 bits per heavy atom. The fourth-order valence-electron chi connectivity index (χ4n) is 4.89. The highest BCUT2D eigenvalue weighted by atomic mass is 19.1. The second-order valence-corrected chi connectivity index (χ2v) is 8.70. The minimum Gasteiger partial charge on any atom is -0.497 e. The van der Waals surface area contributed by atoms with Gasteiger partial charge < -0.3 is 14.5 Å². The van der Waals surface area contributed by atoms with Gasteiger partial charge in [0.15, 0.2) is 5.69 Å². The molecule has 0 N–H and O–H groups in total. The molecule has 0 saturated carbocycles. The standard InChI is InChI=1S/C26H29FN4O2/c1-33-22-13-11-20(12-14-22)29-15-4-16-30(18-17-29)26(32)25-23-5-2-3-6-24(23)31(28-25)21-9-7-19(27)8-10-21/h7-14H,2-6,15-18H2,1H3. The lowest BCUT2D eigenvalue weighted by Crippen LogP contribution is -2.36. The largest absolute Gasteiger partial charge is 0.497 e. The summed E-state index contributed by atoms with van der Waals surface area (Å²) in [7, 11) is 1.67. The van der Waals surface area contributed by atoms with Crippen LogP contribution in [-0.2, 0) is 12.8 Å². The molecule has 2 aliphatic rings.